The van der Waals surface area contributed by atoms with Gasteiger partial charge in [0.05, 0.1) is 7.11 Å². The zero-order chi connectivity index (χ0) is 21.4. The topological polar surface area (TPSA) is 90.6 Å². The number of nitrogens with two attached hydrogens (primary N) is 1. The molecule has 0 aromatic heterocycles. The normalized spacial score (nSPS) is 19.7. The highest BCUT2D eigenvalue weighted by Crippen LogP contribution is 2.40. The predicted octanol–water partition coefficient (Wildman–Crippen LogP) is 3.68. The highest BCUT2D eigenvalue weighted by Gasteiger charge is 2.31. The maximum Gasteiger partial charge on any atom is 0.255 e. The van der Waals surface area contributed by atoms with Crippen LogP contribution in [0.1, 0.15) is 58.4 Å². The Labute approximate surface area is 173 Å². The van der Waals surface area contributed by atoms with Crippen LogP contribution in [0.5, 0.6) is 11.5 Å². The maximum atomic E-state index is 12.3. The fourth-order valence-electron chi connectivity index (χ4n) is 3.79. The average molecular weight is 403 g/mol. The lowest BCUT2D eigenvalue weighted by Crippen LogP contribution is -2.39. The third-order valence-corrected chi connectivity index (χ3v) is 6.07. The van der Waals surface area contributed by atoms with Gasteiger partial charge in [-0.2, -0.15) is 0 Å². The molecule has 1 aliphatic rings. The van der Waals surface area contributed by atoms with Crippen molar-refractivity contribution in [2.45, 2.75) is 58.9 Å². The van der Waals surface area contributed by atoms with E-state index in [1.165, 1.54) is 26.4 Å². The minimum atomic E-state index is -0.556. The number of hydrogen-bond acceptors (Lipinski definition) is 4. The molecule has 0 heterocycles. The van der Waals surface area contributed by atoms with E-state index in [4.69, 9.17) is 15.2 Å². The summed E-state index contributed by atoms with van der Waals surface area (Å²) < 4.78 is 10.6. The molecule has 2 rings (SSSR count). The van der Waals surface area contributed by atoms with Gasteiger partial charge >= 0.3 is 0 Å². The Bertz CT molecular complexity index is 734. The molecule has 29 heavy (non-hydrogen) atoms. The van der Waals surface area contributed by atoms with E-state index in [-0.39, 0.29) is 18.6 Å². The largest absolute Gasteiger partial charge is 0.493 e. The number of rotatable bonds is 9. The Morgan fingerprint density at radius 2 is 1.90 bits per heavy atom. The molecule has 1 aliphatic carbocycles. The molecule has 0 saturated heterocycles. The molecule has 1 aromatic carbocycles. The smallest absolute Gasteiger partial charge is 0.255 e. The zero-order valence-corrected chi connectivity index (χ0v) is 18.0. The van der Waals surface area contributed by atoms with Gasteiger partial charge in [-0.1, -0.05) is 33.3 Å². The van der Waals surface area contributed by atoms with Gasteiger partial charge in [-0.3, -0.25) is 9.59 Å². The van der Waals surface area contributed by atoms with Crippen LogP contribution in [-0.2, 0) is 9.59 Å². The number of benzene rings is 1. The third-order valence-electron chi connectivity index (χ3n) is 6.07. The lowest BCUT2D eigenvalue weighted by Gasteiger charge is -2.39. The molecule has 1 aromatic rings. The van der Waals surface area contributed by atoms with Crippen LogP contribution in [-0.4, -0.2) is 31.6 Å². The molecule has 0 aliphatic heterocycles. The van der Waals surface area contributed by atoms with Crippen LogP contribution >= 0.6 is 0 Å². The summed E-state index contributed by atoms with van der Waals surface area (Å²) in [6.45, 7) is 6.73. The Balaban J connectivity index is 1.88. The number of carbonyl (C=O) groups excluding carboxylic acids is 2. The Hall–Kier alpha value is -2.50. The molecule has 2 amide bonds. The first-order valence-corrected chi connectivity index (χ1v) is 10.3. The van der Waals surface area contributed by atoms with E-state index in [2.05, 4.69) is 26.1 Å². The summed E-state index contributed by atoms with van der Waals surface area (Å²) in [6, 6.07) is 5.48. The van der Waals surface area contributed by atoms with Crippen molar-refractivity contribution in [3.63, 3.8) is 0 Å². The van der Waals surface area contributed by atoms with E-state index in [0.29, 0.717) is 16.9 Å². The predicted molar refractivity (Wildman–Crippen MR) is 115 cm³/mol. The van der Waals surface area contributed by atoms with Gasteiger partial charge in [0.25, 0.3) is 5.91 Å². The van der Waals surface area contributed by atoms with Crippen LogP contribution in [0.3, 0.4) is 0 Å². The minimum absolute atomic E-state index is 0.0868. The Kier molecular flexibility index (Phi) is 8.11. The molecule has 0 unspecified atom stereocenters. The van der Waals surface area contributed by atoms with Crippen LogP contribution in [0.25, 0.3) is 6.08 Å². The molecule has 160 valence electrons. The number of nitrogens with one attached hydrogen (secondary N) is 1. The van der Waals surface area contributed by atoms with Crippen LogP contribution in [0.15, 0.2) is 24.3 Å². The van der Waals surface area contributed by atoms with E-state index in [9.17, 15) is 9.59 Å². The summed E-state index contributed by atoms with van der Waals surface area (Å²) in [4.78, 5) is 23.2. The second kappa shape index (κ2) is 10.3. The first-order chi connectivity index (χ1) is 13.7. The highest BCUT2D eigenvalue weighted by molar-refractivity contribution is 5.92. The number of amides is 2. The van der Waals surface area contributed by atoms with Gasteiger partial charge < -0.3 is 20.5 Å². The molecular weight excluding hydrogens is 368 g/mol. The summed E-state index contributed by atoms with van der Waals surface area (Å²) in [5.41, 5.74) is 6.27. The molecule has 1 saturated carbocycles. The summed E-state index contributed by atoms with van der Waals surface area (Å²) in [6.07, 6.45) is 8.87. The van der Waals surface area contributed by atoms with E-state index in [1.54, 1.807) is 30.4 Å². The fourth-order valence-corrected chi connectivity index (χ4v) is 3.79. The number of carbonyl (C=O) groups is 2. The van der Waals surface area contributed by atoms with Gasteiger partial charge in [0.15, 0.2) is 18.1 Å². The maximum absolute atomic E-state index is 12.3. The monoisotopic (exact) mass is 402 g/mol. The first-order valence-electron chi connectivity index (χ1n) is 10.3. The molecule has 0 atom stereocenters. The van der Waals surface area contributed by atoms with E-state index >= 15 is 0 Å². The Morgan fingerprint density at radius 1 is 1.21 bits per heavy atom. The average Bonchev–Trinajstić information content (AvgIpc) is 2.71. The molecule has 6 nitrogen and oxygen atoms in total. The second-order valence-corrected chi connectivity index (χ2v) is 8.40. The van der Waals surface area contributed by atoms with Crippen molar-refractivity contribution in [2.75, 3.05) is 13.7 Å². The number of hydrogen-bond donors (Lipinski definition) is 2. The van der Waals surface area contributed by atoms with Gasteiger partial charge in [-0.15, -0.1) is 0 Å². The number of methoxy groups -OCH3 is 1. The van der Waals surface area contributed by atoms with Crippen molar-refractivity contribution in [3.8, 4) is 11.5 Å². The van der Waals surface area contributed by atoms with E-state index in [0.717, 1.165) is 24.3 Å². The summed E-state index contributed by atoms with van der Waals surface area (Å²) in [5.74, 6) is 1.00. The van der Waals surface area contributed by atoms with Crippen molar-refractivity contribution >= 4 is 17.9 Å². The second-order valence-electron chi connectivity index (χ2n) is 8.40. The standard InChI is InChI=1S/C23H34N2O4/c1-5-23(2,3)17-8-10-18(11-9-17)25-22(27)13-7-16-6-12-19(20(14-16)28-4)29-15-21(24)26/h6-7,12-14,17-18H,5,8-11,15H2,1-4H3,(H2,24,26)(H,25,27)/b13-7+. The van der Waals surface area contributed by atoms with Crippen molar-refractivity contribution < 1.29 is 19.1 Å². The fraction of sp³-hybridized carbons (Fsp3) is 0.565. The summed E-state index contributed by atoms with van der Waals surface area (Å²) >= 11 is 0. The lowest BCUT2D eigenvalue weighted by molar-refractivity contribution is -0.120. The van der Waals surface area contributed by atoms with E-state index in [1.807, 2.05) is 0 Å². The summed E-state index contributed by atoms with van der Waals surface area (Å²) in [5, 5.41) is 3.12. The van der Waals surface area contributed by atoms with E-state index < -0.39 is 5.91 Å². The zero-order valence-electron chi connectivity index (χ0n) is 18.0. The van der Waals surface area contributed by atoms with Crippen molar-refractivity contribution in [1.29, 1.82) is 0 Å². The molecule has 0 bridgehead atoms. The number of ether oxygens (including phenoxy) is 2. The van der Waals surface area contributed by atoms with Gasteiger partial charge in [-0.25, -0.2) is 0 Å². The van der Waals surface area contributed by atoms with Crippen LogP contribution < -0.4 is 20.5 Å². The molecule has 3 N–H and O–H groups in total. The first kappa shape index (κ1) is 22.8. The van der Waals surface area contributed by atoms with Crippen LogP contribution in [0, 0.1) is 11.3 Å². The van der Waals surface area contributed by atoms with Crippen molar-refractivity contribution in [3.05, 3.63) is 29.8 Å². The Morgan fingerprint density at radius 3 is 2.48 bits per heavy atom. The van der Waals surface area contributed by atoms with Crippen LogP contribution in [0.4, 0.5) is 0 Å². The molecule has 0 radical (unpaired) electrons. The van der Waals surface area contributed by atoms with Gasteiger partial charge in [0, 0.05) is 12.1 Å². The van der Waals surface area contributed by atoms with Crippen LogP contribution in [0.2, 0.25) is 0 Å². The summed E-state index contributed by atoms with van der Waals surface area (Å²) in [7, 11) is 1.52. The molecule has 1 fully saturated rings. The molecular formula is C23H34N2O4. The quantitative estimate of drug-likeness (QED) is 0.617. The third kappa shape index (κ3) is 6.80. The highest BCUT2D eigenvalue weighted by atomic mass is 16.5. The van der Waals surface area contributed by atoms with Gasteiger partial charge in [-0.05, 0) is 60.8 Å². The molecule has 6 heteroatoms. The van der Waals surface area contributed by atoms with Gasteiger partial charge in [0.2, 0.25) is 5.91 Å². The van der Waals surface area contributed by atoms with Crippen molar-refractivity contribution in [2.24, 2.45) is 17.1 Å². The minimum Gasteiger partial charge on any atom is -0.493 e. The van der Waals surface area contributed by atoms with Crippen molar-refractivity contribution in [1.82, 2.24) is 5.32 Å². The van der Waals surface area contributed by atoms with Gasteiger partial charge in [0.1, 0.15) is 0 Å². The lowest BCUT2D eigenvalue weighted by atomic mass is 9.69. The number of primary amides is 1. The SMILES string of the molecule is CCC(C)(C)C1CCC(NC(=O)/C=C/c2ccc(OCC(N)=O)c(OC)c2)CC1. The molecule has 0 spiro atoms.